The molecular weight excluding hydrogens is 242 g/mol. The van der Waals surface area contributed by atoms with Crippen molar-refractivity contribution in [2.24, 2.45) is 0 Å². The molecule has 0 aliphatic rings. The van der Waals surface area contributed by atoms with Crippen LogP contribution in [0.3, 0.4) is 0 Å². The van der Waals surface area contributed by atoms with E-state index in [1.54, 1.807) is 25.1 Å². The Bertz CT molecular complexity index is 592. The van der Waals surface area contributed by atoms with Crippen LogP contribution in [0.25, 0.3) is 5.69 Å². The number of benzene rings is 1. The summed E-state index contributed by atoms with van der Waals surface area (Å²) < 4.78 is 1.46. The monoisotopic (exact) mass is 251 g/mol. The van der Waals surface area contributed by atoms with Crippen LogP contribution in [0, 0.1) is 6.92 Å². The van der Waals surface area contributed by atoms with E-state index in [1.807, 2.05) is 0 Å². The number of nitrogen functional groups attached to an aromatic ring is 1. The minimum absolute atomic E-state index is 0.0269. The van der Waals surface area contributed by atoms with Gasteiger partial charge in [-0.3, -0.25) is 0 Å². The molecule has 1 heterocycles. The Morgan fingerprint density at radius 3 is 2.76 bits per heavy atom. The summed E-state index contributed by atoms with van der Waals surface area (Å²) in [4.78, 5) is 10.8. The van der Waals surface area contributed by atoms with E-state index in [4.69, 9.17) is 22.4 Å². The van der Waals surface area contributed by atoms with Crippen LogP contribution in [-0.2, 0) is 0 Å². The van der Waals surface area contributed by atoms with E-state index in [2.05, 4.69) is 5.10 Å². The summed E-state index contributed by atoms with van der Waals surface area (Å²) >= 11 is 6.03. The van der Waals surface area contributed by atoms with Crippen molar-refractivity contribution < 1.29 is 9.90 Å². The van der Waals surface area contributed by atoms with Crippen LogP contribution in [0.1, 0.15) is 16.2 Å². The van der Waals surface area contributed by atoms with Crippen molar-refractivity contribution in [3.8, 4) is 5.69 Å². The number of rotatable bonds is 2. The number of nitrogens with zero attached hydrogens (tertiary/aromatic N) is 2. The Labute approximate surface area is 102 Å². The number of carboxylic acid groups (broad SMARTS) is 1. The molecule has 2 rings (SSSR count). The van der Waals surface area contributed by atoms with Crippen molar-refractivity contribution in [3.63, 3.8) is 0 Å². The van der Waals surface area contributed by atoms with Crippen LogP contribution >= 0.6 is 11.6 Å². The van der Waals surface area contributed by atoms with Crippen LogP contribution in [-0.4, -0.2) is 20.9 Å². The highest BCUT2D eigenvalue weighted by Crippen LogP contribution is 2.24. The van der Waals surface area contributed by atoms with Gasteiger partial charge in [-0.2, -0.15) is 5.10 Å². The molecule has 0 aliphatic carbocycles. The predicted octanol–water partition coefficient (Wildman–Crippen LogP) is 2.11. The summed E-state index contributed by atoms with van der Waals surface area (Å²) in [5.74, 6) is -1.08. The zero-order valence-corrected chi connectivity index (χ0v) is 9.77. The molecule has 0 saturated carbocycles. The summed E-state index contributed by atoms with van der Waals surface area (Å²) in [6, 6.07) is 6.44. The summed E-state index contributed by atoms with van der Waals surface area (Å²) in [6.07, 6.45) is 0. The molecule has 0 fully saturated rings. The van der Waals surface area contributed by atoms with Crippen LogP contribution in [0.4, 0.5) is 5.69 Å². The molecule has 3 N–H and O–H groups in total. The van der Waals surface area contributed by atoms with E-state index in [-0.39, 0.29) is 5.69 Å². The van der Waals surface area contributed by atoms with E-state index in [1.165, 1.54) is 10.7 Å². The first-order valence-electron chi connectivity index (χ1n) is 4.84. The van der Waals surface area contributed by atoms with E-state index in [0.717, 1.165) is 0 Å². The number of anilines is 1. The number of aromatic nitrogens is 2. The lowest BCUT2D eigenvalue weighted by molar-refractivity contribution is 0.0690. The molecule has 6 heteroatoms. The normalized spacial score (nSPS) is 10.5. The molecule has 1 aromatic heterocycles. The van der Waals surface area contributed by atoms with Gasteiger partial charge in [-0.1, -0.05) is 11.6 Å². The lowest BCUT2D eigenvalue weighted by Gasteiger charge is -2.07. The maximum absolute atomic E-state index is 10.8. The molecule has 0 unspecified atom stereocenters. The van der Waals surface area contributed by atoms with Crippen molar-refractivity contribution in [3.05, 3.63) is 40.7 Å². The van der Waals surface area contributed by atoms with Crippen LogP contribution < -0.4 is 5.73 Å². The quantitative estimate of drug-likeness (QED) is 0.801. The Balaban J connectivity index is 2.60. The smallest absolute Gasteiger partial charge is 0.356 e. The molecule has 0 amide bonds. The van der Waals surface area contributed by atoms with E-state index >= 15 is 0 Å². The van der Waals surface area contributed by atoms with Crippen molar-refractivity contribution in [1.29, 1.82) is 0 Å². The number of nitrogens with two attached hydrogens (primary N) is 1. The van der Waals surface area contributed by atoms with Crippen LogP contribution in [0.2, 0.25) is 5.02 Å². The number of carbonyl (C=O) groups is 1. The minimum Gasteiger partial charge on any atom is -0.476 e. The third kappa shape index (κ3) is 2.09. The van der Waals surface area contributed by atoms with Crippen molar-refractivity contribution in [2.75, 3.05) is 5.73 Å². The third-order valence-corrected chi connectivity index (χ3v) is 2.62. The van der Waals surface area contributed by atoms with Crippen molar-refractivity contribution >= 4 is 23.3 Å². The molecule has 17 heavy (non-hydrogen) atoms. The first kappa shape index (κ1) is 11.5. The Morgan fingerprint density at radius 1 is 1.47 bits per heavy atom. The second-order valence-electron chi connectivity index (χ2n) is 3.60. The standard InChI is InChI=1S/C11H10ClN3O2/c1-6-4-9(11(16)17)14-15(6)10-5-7(13)2-3-8(10)12/h2-5H,13H2,1H3,(H,16,17). The van der Waals surface area contributed by atoms with E-state index in [9.17, 15) is 4.79 Å². The molecule has 0 saturated heterocycles. The van der Waals surface area contributed by atoms with Crippen molar-refractivity contribution in [2.45, 2.75) is 6.92 Å². The summed E-state index contributed by atoms with van der Waals surface area (Å²) in [7, 11) is 0. The zero-order chi connectivity index (χ0) is 12.6. The first-order chi connectivity index (χ1) is 7.99. The fourth-order valence-electron chi connectivity index (χ4n) is 1.51. The van der Waals surface area contributed by atoms with Gasteiger partial charge in [-0.05, 0) is 31.2 Å². The fourth-order valence-corrected chi connectivity index (χ4v) is 1.71. The SMILES string of the molecule is Cc1cc(C(=O)O)nn1-c1cc(N)ccc1Cl. The van der Waals surface area contributed by atoms with Gasteiger partial charge in [0.2, 0.25) is 0 Å². The third-order valence-electron chi connectivity index (χ3n) is 2.30. The lowest BCUT2D eigenvalue weighted by atomic mass is 10.3. The maximum Gasteiger partial charge on any atom is 0.356 e. The minimum atomic E-state index is -1.08. The van der Waals surface area contributed by atoms with Gasteiger partial charge in [0.1, 0.15) is 0 Å². The maximum atomic E-state index is 10.8. The van der Waals surface area contributed by atoms with E-state index < -0.39 is 5.97 Å². The average Bonchev–Trinajstić information content (AvgIpc) is 2.64. The van der Waals surface area contributed by atoms with Gasteiger partial charge in [0.05, 0.1) is 10.7 Å². The molecular formula is C11H10ClN3O2. The summed E-state index contributed by atoms with van der Waals surface area (Å²) in [6.45, 7) is 1.75. The number of aryl methyl sites for hydroxylation is 1. The molecule has 2 aromatic rings. The number of halogens is 1. The summed E-state index contributed by atoms with van der Waals surface area (Å²) in [5.41, 5.74) is 7.42. The Kier molecular flexibility index (Phi) is 2.77. The second-order valence-corrected chi connectivity index (χ2v) is 4.01. The average molecular weight is 252 g/mol. The molecule has 0 bridgehead atoms. The highest BCUT2D eigenvalue weighted by atomic mass is 35.5. The zero-order valence-electron chi connectivity index (χ0n) is 9.01. The Hall–Kier alpha value is -2.01. The largest absolute Gasteiger partial charge is 0.476 e. The number of hydrogen-bond donors (Lipinski definition) is 2. The van der Waals surface area contributed by atoms with Crippen LogP contribution in [0.5, 0.6) is 0 Å². The highest BCUT2D eigenvalue weighted by molar-refractivity contribution is 6.32. The molecule has 0 atom stereocenters. The van der Waals surface area contributed by atoms with Gasteiger partial charge in [0.25, 0.3) is 0 Å². The molecule has 1 aromatic carbocycles. The first-order valence-corrected chi connectivity index (χ1v) is 5.22. The Morgan fingerprint density at radius 2 is 2.18 bits per heavy atom. The van der Waals surface area contributed by atoms with Gasteiger partial charge in [-0.25, -0.2) is 9.48 Å². The molecule has 5 nitrogen and oxygen atoms in total. The highest BCUT2D eigenvalue weighted by Gasteiger charge is 2.13. The van der Waals surface area contributed by atoms with Gasteiger partial charge >= 0.3 is 5.97 Å². The number of hydrogen-bond acceptors (Lipinski definition) is 3. The van der Waals surface area contributed by atoms with E-state index in [0.29, 0.717) is 22.1 Å². The molecule has 0 radical (unpaired) electrons. The molecule has 0 aliphatic heterocycles. The molecule has 88 valence electrons. The number of carboxylic acids is 1. The van der Waals surface area contributed by atoms with Crippen molar-refractivity contribution in [1.82, 2.24) is 9.78 Å². The van der Waals surface area contributed by atoms with Crippen LogP contribution in [0.15, 0.2) is 24.3 Å². The van der Waals surface area contributed by atoms with Gasteiger partial charge in [-0.15, -0.1) is 0 Å². The lowest BCUT2D eigenvalue weighted by Crippen LogP contribution is -2.03. The predicted molar refractivity (Wildman–Crippen MR) is 64.7 cm³/mol. The number of aromatic carboxylic acids is 1. The topological polar surface area (TPSA) is 81.1 Å². The van der Waals surface area contributed by atoms with Gasteiger partial charge in [0, 0.05) is 11.4 Å². The second kappa shape index (κ2) is 4.10. The fraction of sp³-hybridized carbons (Fsp3) is 0.0909. The molecule has 0 spiro atoms. The summed E-state index contributed by atoms with van der Waals surface area (Å²) in [5, 5.41) is 13.3. The van der Waals surface area contributed by atoms with Gasteiger partial charge in [0.15, 0.2) is 5.69 Å². The van der Waals surface area contributed by atoms with Gasteiger partial charge < -0.3 is 10.8 Å².